The van der Waals surface area contributed by atoms with Gasteiger partial charge in [-0.2, -0.15) is 4.98 Å². The Morgan fingerprint density at radius 3 is 2.71 bits per heavy atom. The van der Waals surface area contributed by atoms with Crippen molar-refractivity contribution in [3.05, 3.63) is 36.0 Å². The molecule has 8 nitrogen and oxygen atoms in total. The lowest BCUT2D eigenvalue weighted by Crippen LogP contribution is -2.38. The van der Waals surface area contributed by atoms with Crippen LogP contribution in [-0.4, -0.2) is 42.2 Å². The average Bonchev–Trinajstić information content (AvgIpc) is 3.26. The second-order valence-corrected chi connectivity index (χ2v) is 6.44. The van der Waals surface area contributed by atoms with Crippen LogP contribution in [0, 0.1) is 12.8 Å². The summed E-state index contributed by atoms with van der Waals surface area (Å²) in [5.74, 6) is 0.822. The Labute approximate surface area is 159 Å². The summed E-state index contributed by atoms with van der Waals surface area (Å²) in [4.78, 5) is 17.9. The predicted molar refractivity (Wildman–Crippen MR) is 92.7 cm³/mol. The number of nitrogens with one attached hydrogen (secondary N) is 2. The normalized spacial score (nSPS) is 16.9. The van der Waals surface area contributed by atoms with Crippen molar-refractivity contribution in [2.45, 2.75) is 26.3 Å². The fourth-order valence-electron chi connectivity index (χ4n) is 2.96. The Bertz CT molecular complexity index is 794. The third-order valence-corrected chi connectivity index (χ3v) is 4.24. The van der Waals surface area contributed by atoms with Gasteiger partial charge < -0.3 is 24.8 Å². The first-order valence-corrected chi connectivity index (χ1v) is 8.70. The van der Waals surface area contributed by atoms with Crippen LogP contribution in [-0.2, 0) is 6.54 Å². The number of aryl methyl sites for hydroxylation is 1. The van der Waals surface area contributed by atoms with Gasteiger partial charge in [0.15, 0.2) is 5.82 Å². The van der Waals surface area contributed by atoms with Gasteiger partial charge in [-0.25, -0.2) is 4.79 Å². The van der Waals surface area contributed by atoms with Gasteiger partial charge in [-0.15, -0.1) is 13.2 Å². The number of carbonyl (C=O) groups is 1. The maximum atomic E-state index is 12.2. The number of rotatable bonds is 6. The number of hydrogen-bond acceptors (Lipinski definition) is 6. The quantitative estimate of drug-likeness (QED) is 0.776. The smallest absolute Gasteiger partial charge is 0.406 e. The molecule has 2 aromatic rings. The van der Waals surface area contributed by atoms with E-state index in [9.17, 15) is 18.0 Å². The summed E-state index contributed by atoms with van der Waals surface area (Å²) >= 11 is 0. The Morgan fingerprint density at radius 2 is 2.07 bits per heavy atom. The standard InChI is InChI=1S/C17H20F3N5O3/c1-11-23-15(28-24-11)9-22-16(26)21-8-12-6-7-25(10-12)13-2-4-14(5-3-13)27-17(18,19)20/h2-5,12H,6-10H2,1H3,(H2,21,22,26)/t12-/m1/s1. The maximum absolute atomic E-state index is 12.2. The molecule has 28 heavy (non-hydrogen) atoms. The number of urea groups is 1. The molecule has 0 unspecified atom stereocenters. The molecule has 11 heteroatoms. The van der Waals surface area contributed by atoms with Gasteiger partial charge in [0.1, 0.15) is 5.75 Å². The summed E-state index contributed by atoms with van der Waals surface area (Å²) < 4.78 is 45.4. The molecule has 1 aromatic carbocycles. The summed E-state index contributed by atoms with van der Waals surface area (Å²) in [5, 5.41) is 9.07. The van der Waals surface area contributed by atoms with E-state index in [4.69, 9.17) is 4.52 Å². The van der Waals surface area contributed by atoms with E-state index < -0.39 is 6.36 Å². The van der Waals surface area contributed by atoms with Gasteiger partial charge in [-0.05, 0) is 43.5 Å². The Hall–Kier alpha value is -2.98. The van der Waals surface area contributed by atoms with Crippen LogP contribution < -0.4 is 20.3 Å². The molecule has 2 N–H and O–H groups in total. The number of halogens is 3. The van der Waals surface area contributed by atoms with Crippen molar-refractivity contribution in [1.82, 2.24) is 20.8 Å². The summed E-state index contributed by atoms with van der Waals surface area (Å²) in [6, 6.07) is 5.44. The third-order valence-electron chi connectivity index (χ3n) is 4.24. The van der Waals surface area contributed by atoms with Gasteiger partial charge >= 0.3 is 12.4 Å². The van der Waals surface area contributed by atoms with Crippen LogP contribution in [0.15, 0.2) is 28.8 Å². The highest BCUT2D eigenvalue weighted by atomic mass is 19.4. The minimum Gasteiger partial charge on any atom is -0.406 e. The zero-order chi connectivity index (χ0) is 20.1. The lowest BCUT2D eigenvalue weighted by molar-refractivity contribution is -0.274. The van der Waals surface area contributed by atoms with E-state index >= 15 is 0 Å². The average molecular weight is 399 g/mol. The number of nitrogens with zero attached hydrogens (tertiary/aromatic N) is 3. The van der Waals surface area contributed by atoms with E-state index in [1.165, 1.54) is 12.1 Å². The van der Waals surface area contributed by atoms with Gasteiger partial charge in [0, 0.05) is 25.3 Å². The highest BCUT2D eigenvalue weighted by Gasteiger charge is 2.31. The molecule has 1 aliphatic heterocycles. The van der Waals surface area contributed by atoms with Crippen molar-refractivity contribution < 1.29 is 27.2 Å². The summed E-state index contributed by atoms with van der Waals surface area (Å²) in [6.45, 7) is 3.78. The van der Waals surface area contributed by atoms with E-state index in [2.05, 4.69) is 30.4 Å². The summed E-state index contributed by atoms with van der Waals surface area (Å²) in [5.41, 5.74) is 0.813. The topological polar surface area (TPSA) is 92.5 Å². The van der Waals surface area contributed by atoms with Gasteiger partial charge in [0.05, 0.1) is 6.54 Å². The molecule has 0 aliphatic carbocycles. The fourth-order valence-corrected chi connectivity index (χ4v) is 2.96. The van der Waals surface area contributed by atoms with Gasteiger partial charge in [-0.1, -0.05) is 5.16 Å². The van der Waals surface area contributed by atoms with E-state index in [1.807, 2.05) is 0 Å². The maximum Gasteiger partial charge on any atom is 0.573 e. The molecule has 1 aromatic heterocycles. The molecule has 1 fully saturated rings. The monoisotopic (exact) mass is 399 g/mol. The summed E-state index contributed by atoms with van der Waals surface area (Å²) in [7, 11) is 0. The fraction of sp³-hybridized carbons (Fsp3) is 0.471. The second-order valence-electron chi connectivity index (χ2n) is 6.44. The first-order chi connectivity index (χ1) is 13.3. The Kier molecular flexibility index (Phi) is 5.90. The second kappa shape index (κ2) is 8.36. The SMILES string of the molecule is Cc1noc(CNC(=O)NC[C@H]2CCN(c3ccc(OC(F)(F)F)cc3)C2)n1. The number of hydrogen-bond donors (Lipinski definition) is 2. The molecule has 2 heterocycles. The van der Waals surface area contributed by atoms with Crippen LogP contribution in [0.4, 0.5) is 23.7 Å². The Morgan fingerprint density at radius 1 is 1.32 bits per heavy atom. The van der Waals surface area contributed by atoms with Crippen molar-refractivity contribution in [1.29, 1.82) is 0 Å². The van der Waals surface area contributed by atoms with Crippen molar-refractivity contribution >= 4 is 11.7 Å². The number of benzene rings is 1. The minimum absolute atomic E-state index is 0.149. The number of carbonyl (C=O) groups excluding carboxylic acids is 1. The van der Waals surface area contributed by atoms with Crippen LogP contribution in [0.2, 0.25) is 0 Å². The molecule has 0 spiro atoms. The van der Waals surface area contributed by atoms with Crippen LogP contribution in [0.25, 0.3) is 0 Å². The molecule has 1 saturated heterocycles. The molecular formula is C17H20F3N5O3. The van der Waals surface area contributed by atoms with E-state index in [0.717, 1.165) is 18.7 Å². The third kappa shape index (κ3) is 5.76. The van der Waals surface area contributed by atoms with E-state index in [-0.39, 0.29) is 24.2 Å². The Balaban J connectivity index is 1.40. The number of aromatic nitrogens is 2. The molecule has 1 aliphatic rings. The van der Waals surface area contributed by atoms with Crippen molar-refractivity contribution in [2.24, 2.45) is 5.92 Å². The largest absolute Gasteiger partial charge is 0.573 e. The molecule has 152 valence electrons. The van der Waals surface area contributed by atoms with Gasteiger partial charge in [0.25, 0.3) is 0 Å². The molecule has 3 rings (SSSR count). The number of anilines is 1. The van der Waals surface area contributed by atoms with Crippen molar-refractivity contribution in [3.63, 3.8) is 0 Å². The first-order valence-electron chi connectivity index (χ1n) is 8.70. The molecule has 2 amide bonds. The zero-order valence-corrected chi connectivity index (χ0v) is 15.1. The van der Waals surface area contributed by atoms with Crippen LogP contribution in [0.1, 0.15) is 18.1 Å². The van der Waals surface area contributed by atoms with Crippen LogP contribution in [0.5, 0.6) is 5.75 Å². The molecular weight excluding hydrogens is 379 g/mol. The summed E-state index contributed by atoms with van der Waals surface area (Å²) in [6.07, 6.45) is -3.83. The molecule has 0 saturated carbocycles. The van der Waals surface area contributed by atoms with Gasteiger partial charge in [-0.3, -0.25) is 0 Å². The first kappa shape index (κ1) is 19.8. The number of alkyl halides is 3. The number of amides is 2. The predicted octanol–water partition coefficient (Wildman–Crippen LogP) is 2.60. The van der Waals surface area contributed by atoms with Crippen LogP contribution >= 0.6 is 0 Å². The van der Waals surface area contributed by atoms with Crippen molar-refractivity contribution in [2.75, 3.05) is 24.5 Å². The minimum atomic E-state index is -4.70. The highest BCUT2D eigenvalue weighted by molar-refractivity contribution is 5.73. The molecule has 0 radical (unpaired) electrons. The lowest BCUT2D eigenvalue weighted by atomic mass is 10.1. The van der Waals surface area contributed by atoms with E-state index in [1.54, 1.807) is 19.1 Å². The number of ether oxygens (including phenoxy) is 1. The van der Waals surface area contributed by atoms with Gasteiger partial charge in [0.2, 0.25) is 5.89 Å². The highest BCUT2D eigenvalue weighted by Crippen LogP contribution is 2.28. The molecule has 0 bridgehead atoms. The lowest BCUT2D eigenvalue weighted by Gasteiger charge is -2.19. The van der Waals surface area contributed by atoms with Crippen LogP contribution in [0.3, 0.4) is 0 Å². The van der Waals surface area contributed by atoms with E-state index in [0.29, 0.717) is 24.8 Å². The zero-order valence-electron chi connectivity index (χ0n) is 15.1. The van der Waals surface area contributed by atoms with Crippen molar-refractivity contribution in [3.8, 4) is 5.75 Å². The molecule has 1 atom stereocenters.